The molecule has 1 aliphatic rings. The second-order valence-electron chi connectivity index (χ2n) is 8.01. The lowest BCUT2D eigenvalue weighted by molar-refractivity contribution is -0.119. The van der Waals surface area contributed by atoms with Gasteiger partial charge in [-0.2, -0.15) is 0 Å². The third-order valence-corrected chi connectivity index (χ3v) is 6.62. The van der Waals surface area contributed by atoms with Gasteiger partial charge in [0, 0.05) is 23.1 Å². The number of aryl methyl sites for hydroxylation is 1. The van der Waals surface area contributed by atoms with E-state index < -0.39 is 5.92 Å². The maximum Gasteiger partial charge on any atom is 0.265 e. The van der Waals surface area contributed by atoms with Gasteiger partial charge in [-0.1, -0.05) is 46.3 Å². The van der Waals surface area contributed by atoms with Crippen LogP contribution in [-0.2, 0) is 11.2 Å². The number of fused-ring (bicyclic) bond motifs is 2. The Hall–Kier alpha value is -3.25. The van der Waals surface area contributed by atoms with Crippen LogP contribution in [0.4, 0.5) is 5.69 Å². The first kappa shape index (κ1) is 20.6. The van der Waals surface area contributed by atoms with Crippen LogP contribution in [0, 0.1) is 6.92 Å². The predicted octanol–water partition coefficient (Wildman–Crippen LogP) is 5.15. The highest BCUT2D eigenvalue weighted by atomic mass is 79.9. The molecule has 0 spiro atoms. The third-order valence-electron chi connectivity index (χ3n) is 6.12. The van der Waals surface area contributed by atoms with Crippen molar-refractivity contribution < 1.29 is 4.79 Å². The average Bonchev–Trinajstić information content (AvgIpc) is 3.05. The first-order chi connectivity index (χ1) is 15.5. The highest BCUT2D eigenvalue weighted by Gasteiger charge is 2.37. The Morgan fingerprint density at radius 1 is 0.969 bits per heavy atom. The maximum atomic E-state index is 13.6. The largest absolute Gasteiger partial charge is 0.312 e. The molecule has 0 N–H and O–H groups in total. The van der Waals surface area contributed by atoms with Crippen molar-refractivity contribution >= 4 is 38.4 Å². The molecule has 2 heterocycles. The normalized spacial score (nSPS) is 15.4. The molecule has 6 heteroatoms. The lowest BCUT2D eigenvalue weighted by Gasteiger charge is -2.18. The van der Waals surface area contributed by atoms with Crippen LogP contribution >= 0.6 is 15.9 Å². The van der Waals surface area contributed by atoms with E-state index in [0.717, 1.165) is 27.0 Å². The molecule has 5 nitrogen and oxygen atoms in total. The molecule has 3 aromatic carbocycles. The van der Waals surface area contributed by atoms with Gasteiger partial charge in [0.2, 0.25) is 5.91 Å². The molecule has 1 aliphatic heterocycles. The Labute approximate surface area is 194 Å². The summed E-state index contributed by atoms with van der Waals surface area (Å²) in [6, 6.07) is 21.1. The number of amides is 1. The van der Waals surface area contributed by atoms with Gasteiger partial charge >= 0.3 is 0 Å². The Bertz CT molecular complexity index is 1430. The lowest BCUT2D eigenvalue weighted by atomic mass is 9.96. The summed E-state index contributed by atoms with van der Waals surface area (Å²) in [5, 5.41) is 0.565. The van der Waals surface area contributed by atoms with Gasteiger partial charge in [0.1, 0.15) is 5.82 Å². The fourth-order valence-corrected chi connectivity index (χ4v) is 4.95. The fourth-order valence-electron chi connectivity index (χ4n) is 4.57. The van der Waals surface area contributed by atoms with Crippen molar-refractivity contribution in [1.29, 1.82) is 0 Å². The van der Waals surface area contributed by atoms with Crippen LogP contribution in [0.15, 0.2) is 76.0 Å². The zero-order valence-corrected chi connectivity index (χ0v) is 19.5. The third kappa shape index (κ3) is 3.26. The second kappa shape index (κ2) is 8.02. The van der Waals surface area contributed by atoms with Gasteiger partial charge in [0.05, 0.1) is 22.5 Å². The molecular formula is C26H22BrN3O2. The summed E-state index contributed by atoms with van der Waals surface area (Å²) < 4.78 is 2.60. The Kier molecular flexibility index (Phi) is 5.18. The number of carbonyl (C=O) groups is 1. The number of likely N-dealkylation sites (N-methyl/N-ethyl adjacent to an activating group) is 1. The van der Waals surface area contributed by atoms with Crippen LogP contribution in [0.1, 0.15) is 29.8 Å². The Morgan fingerprint density at radius 3 is 2.50 bits per heavy atom. The average molecular weight is 488 g/mol. The SMILES string of the molecule is CCN1C(=O)[C@H](Cc2nc3ccccc3c(=O)n2-c2ccccc2C)c2cc(Br)ccc21. The van der Waals surface area contributed by atoms with E-state index in [1.165, 1.54) is 0 Å². The number of aromatic nitrogens is 2. The molecule has 0 unspecified atom stereocenters. The lowest BCUT2D eigenvalue weighted by Crippen LogP contribution is -2.31. The number of hydrogen-bond donors (Lipinski definition) is 0. The molecule has 0 fully saturated rings. The molecule has 1 aromatic heterocycles. The zero-order chi connectivity index (χ0) is 22.4. The van der Waals surface area contributed by atoms with Crippen LogP contribution in [0.2, 0.25) is 0 Å². The van der Waals surface area contributed by atoms with Crippen LogP contribution in [-0.4, -0.2) is 22.0 Å². The quantitative estimate of drug-likeness (QED) is 0.399. The second-order valence-corrected chi connectivity index (χ2v) is 8.93. The summed E-state index contributed by atoms with van der Waals surface area (Å²) in [7, 11) is 0. The van der Waals surface area contributed by atoms with Gasteiger partial charge in [-0.3, -0.25) is 14.2 Å². The first-order valence-electron chi connectivity index (χ1n) is 10.7. The minimum Gasteiger partial charge on any atom is -0.312 e. The smallest absolute Gasteiger partial charge is 0.265 e. The summed E-state index contributed by atoms with van der Waals surface area (Å²) in [5.74, 6) is 0.232. The van der Waals surface area contributed by atoms with Crippen molar-refractivity contribution in [2.75, 3.05) is 11.4 Å². The molecule has 0 radical (unpaired) electrons. The molecule has 1 amide bonds. The van der Waals surface area contributed by atoms with E-state index in [0.29, 0.717) is 29.7 Å². The highest BCUT2D eigenvalue weighted by molar-refractivity contribution is 9.10. The monoisotopic (exact) mass is 487 g/mol. The van der Waals surface area contributed by atoms with Crippen molar-refractivity contribution in [1.82, 2.24) is 9.55 Å². The minimum absolute atomic E-state index is 0.0411. The molecule has 160 valence electrons. The van der Waals surface area contributed by atoms with Gasteiger partial charge in [0.25, 0.3) is 5.56 Å². The summed E-state index contributed by atoms with van der Waals surface area (Å²) in [6.07, 6.45) is 0.340. The number of nitrogens with zero attached hydrogens (tertiary/aromatic N) is 3. The number of benzene rings is 3. The van der Waals surface area contributed by atoms with Crippen LogP contribution in [0.5, 0.6) is 0 Å². The Morgan fingerprint density at radius 2 is 1.72 bits per heavy atom. The predicted molar refractivity (Wildman–Crippen MR) is 131 cm³/mol. The molecule has 0 bridgehead atoms. The number of halogens is 1. The van der Waals surface area contributed by atoms with Crippen molar-refractivity contribution in [3.8, 4) is 5.69 Å². The number of rotatable bonds is 4. The standard InChI is InChI=1S/C26H22BrN3O2/c1-3-29-23-13-12-17(27)14-19(23)20(25(29)31)15-24-28-21-10-6-5-9-18(21)26(32)30(24)22-11-7-4-8-16(22)2/h4-14,20H,3,15H2,1-2H3/t20-/m1/s1. The van der Waals surface area contributed by atoms with Gasteiger partial charge in [-0.25, -0.2) is 4.98 Å². The number of anilines is 1. The van der Waals surface area contributed by atoms with E-state index >= 15 is 0 Å². The van der Waals surface area contributed by atoms with Crippen molar-refractivity contribution in [3.05, 3.63) is 98.5 Å². The van der Waals surface area contributed by atoms with Crippen LogP contribution in [0.25, 0.3) is 16.6 Å². The van der Waals surface area contributed by atoms with Crippen molar-refractivity contribution in [3.63, 3.8) is 0 Å². The van der Waals surface area contributed by atoms with Gasteiger partial charge < -0.3 is 4.90 Å². The number of para-hydroxylation sites is 2. The van der Waals surface area contributed by atoms with Crippen LogP contribution < -0.4 is 10.5 Å². The summed E-state index contributed by atoms with van der Waals surface area (Å²) in [6.45, 7) is 4.55. The van der Waals surface area contributed by atoms with E-state index in [2.05, 4.69) is 15.9 Å². The summed E-state index contributed by atoms with van der Waals surface area (Å²) >= 11 is 3.54. The van der Waals surface area contributed by atoms with E-state index in [1.54, 1.807) is 10.6 Å². The van der Waals surface area contributed by atoms with Gasteiger partial charge in [-0.05, 0) is 61.4 Å². The topological polar surface area (TPSA) is 55.2 Å². The molecule has 32 heavy (non-hydrogen) atoms. The van der Waals surface area contributed by atoms with Crippen molar-refractivity contribution in [2.45, 2.75) is 26.2 Å². The molecule has 0 saturated carbocycles. The number of hydrogen-bond acceptors (Lipinski definition) is 3. The molecule has 4 aromatic rings. The molecule has 5 rings (SSSR count). The van der Waals surface area contributed by atoms with E-state index in [4.69, 9.17) is 4.98 Å². The van der Waals surface area contributed by atoms with E-state index in [1.807, 2.05) is 79.4 Å². The zero-order valence-electron chi connectivity index (χ0n) is 17.9. The minimum atomic E-state index is -0.397. The van der Waals surface area contributed by atoms with E-state index in [-0.39, 0.29) is 11.5 Å². The molecule has 0 saturated heterocycles. The molecule has 0 aliphatic carbocycles. The summed E-state index contributed by atoms with van der Waals surface area (Å²) in [4.78, 5) is 33.7. The Balaban J connectivity index is 1.73. The van der Waals surface area contributed by atoms with Crippen LogP contribution in [0.3, 0.4) is 0 Å². The van der Waals surface area contributed by atoms with Gasteiger partial charge in [-0.15, -0.1) is 0 Å². The molecular weight excluding hydrogens is 466 g/mol. The van der Waals surface area contributed by atoms with Crippen molar-refractivity contribution in [2.24, 2.45) is 0 Å². The van der Waals surface area contributed by atoms with Gasteiger partial charge in [0.15, 0.2) is 0 Å². The summed E-state index contributed by atoms with van der Waals surface area (Å²) in [5.41, 5.74) is 4.18. The number of carbonyl (C=O) groups excluding carboxylic acids is 1. The maximum absolute atomic E-state index is 13.6. The van der Waals surface area contributed by atoms with E-state index in [9.17, 15) is 9.59 Å². The highest BCUT2D eigenvalue weighted by Crippen LogP contribution is 2.40. The molecule has 1 atom stereocenters. The first-order valence-corrected chi connectivity index (χ1v) is 11.5. The fraction of sp³-hybridized carbons (Fsp3) is 0.192.